The van der Waals surface area contributed by atoms with Gasteiger partial charge in [0.1, 0.15) is 5.75 Å². The summed E-state index contributed by atoms with van der Waals surface area (Å²) < 4.78 is 82.7. The lowest BCUT2D eigenvalue weighted by atomic mass is 9.62. The first-order chi connectivity index (χ1) is 17.1. The average Bonchev–Trinajstić information content (AvgIpc) is 2.87. The molecule has 0 unspecified atom stereocenters. The van der Waals surface area contributed by atoms with Crippen LogP contribution in [0.25, 0.3) is 0 Å². The van der Waals surface area contributed by atoms with Gasteiger partial charge in [-0.25, -0.2) is 8.78 Å². The van der Waals surface area contributed by atoms with E-state index in [-0.39, 0.29) is 30.0 Å². The molecule has 196 valence electrons. The summed E-state index contributed by atoms with van der Waals surface area (Å²) in [7, 11) is 2.26. The topological polar surface area (TPSA) is 50.8 Å². The predicted molar refractivity (Wildman–Crippen MR) is 123 cm³/mol. The van der Waals surface area contributed by atoms with Gasteiger partial charge < -0.3 is 19.7 Å². The summed E-state index contributed by atoms with van der Waals surface area (Å²) >= 11 is 0. The third-order valence-electron chi connectivity index (χ3n) is 7.78. The second kappa shape index (κ2) is 9.97. The number of amides is 1. The normalized spacial score (nSPS) is 21.8. The maximum atomic E-state index is 15.0. The highest BCUT2D eigenvalue weighted by molar-refractivity contribution is 5.88. The molecular weight excluding hydrogens is 483 g/mol. The molecule has 2 fully saturated rings. The Kier molecular flexibility index (Phi) is 7.30. The summed E-state index contributed by atoms with van der Waals surface area (Å²) in [5.41, 5.74) is -3.85. The van der Waals surface area contributed by atoms with Crippen molar-refractivity contribution >= 4 is 5.91 Å². The van der Waals surface area contributed by atoms with Gasteiger partial charge in [-0.05, 0) is 43.4 Å². The summed E-state index contributed by atoms with van der Waals surface area (Å²) in [6, 6.07) is 9.25. The molecule has 10 heteroatoms. The molecule has 36 heavy (non-hydrogen) atoms. The number of piperidine rings is 2. The van der Waals surface area contributed by atoms with Gasteiger partial charge in [0.25, 0.3) is 11.5 Å². The first kappa shape index (κ1) is 26.3. The van der Waals surface area contributed by atoms with Crippen LogP contribution in [0.2, 0.25) is 0 Å². The zero-order valence-electron chi connectivity index (χ0n) is 20.1. The van der Waals surface area contributed by atoms with Crippen LogP contribution in [0.1, 0.15) is 36.3 Å². The Morgan fingerprint density at radius 1 is 1.03 bits per heavy atom. The van der Waals surface area contributed by atoms with Crippen molar-refractivity contribution in [3.8, 4) is 5.75 Å². The van der Waals surface area contributed by atoms with Gasteiger partial charge in [-0.1, -0.05) is 30.3 Å². The van der Waals surface area contributed by atoms with E-state index in [1.54, 1.807) is 6.07 Å². The lowest BCUT2D eigenvalue weighted by molar-refractivity contribution is -0.271. The number of carbonyl (C=O) groups excluding carboxylic acids is 1. The Morgan fingerprint density at radius 2 is 1.69 bits per heavy atom. The highest BCUT2D eigenvalue weighted by Crippen LogP contribution is 2.52. The molecule has 2 saturated heterocycles. The highest BCUT2D eigenvalue weighted by Gasteiger charge is 2.64. The fourth-order valence-electron chi connectivity index (χ4n) is 5.81. The Labute approximate surface area is 206 Å². The second-order valence-electron chi connectivity index (χ2n) is 9.39. The van der Waals surface area contributed by atoms with Gasteiger partial charge in [0.15, 0.2) is 11.6 Å². The van der Waals surface area contributed by atoms with Gasteiger partial charge in [-0.15, -0.1) is 0 Å². The van der Waals surface area contributed by atoms with Crippen LogP contribution in [-0.4, -0.2) is 57.4 Å². The molecule has 0 bridgehead atoms. The molecule has 0 aromatic heterocycles. The summed E-state index contributed by atoms with van der Waals surface area (Å²) in [4.78, 5) is 14.6. The second-order valence-corrected chi connectivity index (χ2v) is 9.39. The van der Waals surface area contributed by atoms with Crippen molar-refractivity contribution in [2.24, 2.45) is 5.41 Å². The van der Waals surface area contributed by atoms with E-state index in [9.17, 15) is 22.4 Å². The van der Waals surface area contributed by atoms with Gasteiger partial charge in [0.2, 0.25) is 0 Å². The van der Waals surface area contributed by atoms with E-state index in [4.69, 9.17) is 9.47 Å². The number of halogens is 5. The van der Waals surface area contributed by atoms with Crippen LogP contribution in [-0.2, 0) is 15.1 Å². The molecule has 1 N–H and O–H groups in total. The van der Waals surface area contributed by atoms with Crippen molar-refractivity contribution < 1.29 is 36.2 Å². The predicted octanol–water partition coefficient (Wildman–Crippen LogP) is 4.76. The molecule has 4 rings (SSSR count). The average molecular weight is 513 g/mol. The minimum absolute atomic E-state index is 0.0304. The van der Waals surface area contributed by atoms with Gasteiger partial charge in [0.05, 0.1) is 7.11 Å². The zero-order chi connectivity index (χ0) is 26.1. The number of nitrogens with zero attached hydrogens (tertiary/aromatic N) is 1. The number of ether oxygens (including phenoxy) is 2. The summed E-state index contributed by atoms with van der Waals surface area (Å²) in [6.45, 7) is 1.04. The monoisotopic (exact) mass is 512 g/mol. The van der Waals surface area contributed by atoms with Crippen LogP contribution in [0.3, 0.4) is 0 Å². The molecule has 1 amide bonds. The summed E-state index contributed by atoms with van der Waals surface area (Å²) in [5.74, 6) is -3.41. The Bertz CT molecular complexity index is 1090. The molecule has 1 spiro atoms. The van der Waals surface area contributed by atoms with Gasteiger partial charge in [-0.3, -0.25) is 4.79 Å². The van der Waals surface area contributed by atoms with Gasteiger partial charge in [0, 0.05) is 43.8 Å². The molecule has 2 aliphatic rings. The van der Waals surface area contributed by atoms with Crippen LogP contribution in [0.15, 0.2) is 42.5 Å². The quantitative estimate of drug-likeness (QED) is 0.587. The number of likely N-dealkylation sites (tertiary alicyclic amines) is 1. The first-order valence-corrected chi connectivity index (χ1v) is 11.8. The zero-order valence-corrected chi connectivity index (χ0v) is 20.1. The third kappa shape index (κ3) is 4.24. The van der Waals surface area contributed by atoms with E-state index in [1.807, 2.05) is 0 Å². The minimum atomic E-state index is -5.00. The van der Waals surface area contributed by atoms with Crippen LogP contribution >= 0.6 is 0 Å². The molecule has 2 heterocycles. The smallest absolute Gasteiger partial charge is 0.430 e. The molecule has 2 aliphatic heterocycles. The molecular formula is C26H29F5N2O3. The number of hydrogen-bond acceptors (Lipinski definition) is 4. The SMILES string of the molecule is COc1ccc(F)c(F)c1[C@@H]1CNCCC12CCN(C(=O)[C@](OC)(c1ccccc1)C(F)(F)F)CC2. The molecule has 0 aliphatic carbocycles. The number of nitrogens with one attached hydrogen (secondary N) is 1. The van der Waals surface area contributed by atoms with E-state index < -0.39 is 40.7 Å². The fourth-order valence-corrected chi connectivity index (χ4v) is 5.81. The van der Waals surface area contributed by atoms with Gasteiger partial charge in [-0.2, -0.15) is 13.2 Å². The van der Waals surface area contributed by atoms with Crippen molar-refractivity contribution in [1.82, 2.24) is 10.2 Å². The molecule has 5 nitrogen and oxygen atoms in total. The van der Waals surface area contributed by atoms with Crippen molar-refractivity contribution in [1.29, 1.82) is 0 Å². The fraction of sp³-hybridized carbons (Fsp3) is 0.500. The Hall–Kier alpha value is -2.72. The highest BCUT2D eigenvalue weighted by atomic mass is 19.4. The van der Waals surface area contributed by atoms with E-state index in [0.29, 0.717) is 32.4 Å². The molecule has 0 saturated carbocycles. The minimum Gasteiger partial charge on any atom is -0.496 e. The third-order valence-corrected chi connectivity index (χ3v) is 7.78. The van der Waals surface area contributed by atoms with Crippen molar-refractivity contribution in [3.63, 3.8) is 0 Å². The Balaban J connectivity index is 1.65. The molecule has 0 radical (unpaired) electrons. The maximum Gasteiger partial charge on any atom is 0.430 e. The lowest BCUT2D eigenvalue weighted by Gasteiger charge is -2.51. The maximum absolute atomic E-state index is 15.0. The van der Waals surface area contributed by atoms with Crippen LogP contribution < -0.4 is 10.1 Å². The van der Waals surface area contributed by atoms with Crippen molar-refractivity contribution in [2.45, 2.75) is 37.0 Å². The number of carbonyl (C=O) groups is 1. The van der Waals surface area contributed by atoms with Crippen LogP contribution in [0.4, 0.5) is 22.0 Å². The number of hydrogen-bond donors (Lipinski definition) is 1. The largest absolute Gasteiger partial charge is 0.496 e. The lowest BCUT2D eigenvalue weighted by Crippen LogP contribution is -2.59. The standard InChI is InChI=1S/C26H29F5N2O3/c1-35-20-9-8-19(27)22(28)21(20)18-16-32-13-10-24(18)11-14-33(15-12-24)23(34)25(36-2,26(29,30)31)17-6-4-3-5-7-17/h3-9,18,32H,10-16H2,1-2H3/t18-,25+/m0/s1. The molecule has 2 aromatic rings. The summed E-state index contributed by atoms with van der Waals surface area (Å²) in [6.07, 6.45) is -3.73. The van der Waals surface area contributed by atoms with E-state index in [0.717, 1.165) is 13.2 Å². The number of methoxy groups -OCH3 is 2. The number of rotatable bonds is 5. The molecule has 2 aromatic carbocycles. The number of benzene rings is 2. The number of alkyl halides is 3. The summed E-state index contributed by atoms with van der Waals surface area (Å²) in [5, 5.41) is 3.22. The van der Waals surface area contributed by atoms with Crippen LogP contribution in [0.5, 0.6) is 5.75 Å². The van der Waals surface area contributed by atoms with E-state index in [2.05, 4.69) is 5.32 Å². The van der Waals surface area contributed by atoms with E-state index in [1.165, 1.54) is 42.3 Å². The first-order valence-electron chi connectivity index (χ1n) is 11.8. The molecule has 2 atom stereocenters. The van der Waals surface area contributed by atoms with Crippen LogP contribution in [0, 0.1) is 17.0 Å². The van der Waals surface area contributed by atoms with Crippen molar-refractivity contribution in [3.05, 3.63) is 65.2 Å². The van der Waals surface area contributed by atoms with E-state index >= 15 is 4.39 Å². The van der Waals surface area contributed by atoms with Gasteiger partial charge >= 0.3 is 6.18 Å². The van der Waals surface area contributed by atoms with Crippen molar-refractivity contribution in [2.75, 3.05) is 40.4 Å². The Morgan fingerprint density at radius 3 is 2.28 bits per heavy atom.